The highest BCUT2D eigenvalue weighted by Crippen LogP contribution is 2.17. The number of carboxylic acid groups (broad SMARTS) is 1. The Hall–Kier alpha value is -1.95. The van der Waals surface area contributed by atoms with Gasteiger partial charge in [0.1, 0.15) is 5.70 Å². The van der Waals surface area contributed by atoms with E-state index in [0.29, 0.717) is 11.4 Å². The zero-order chi connectivity index (χ0) is 16.5. The summed E-state index contributed by atoms with van der Waals surface area (Å²) in [4.78, 5) is 29.1. The molecule has 2 aliphatic rings. The van der Waals surface area contributed by atoms with Gasteiger partial charge in [-0.3, -0.25) is 4.79 Å². The molecule has 1 N–H and O–H groups in total. The number of hydrogen-bond acceptors (Lipinski definition) is 4. The molecule has 1 fully saturated rings. The van der Waals surface area contributed by atoms with E-state index in [9.17, 15) is 9.59 Å². The van der Waals surface area contributed by atoms with Gasteiger partial charge in [-0.25, -0.2) is 9.79 Å². The van der Waals surface area contributed by atoms with Crippen molar-refractivity contribution in [1.82, 2.24) is 4.90 Å². The minimum atomic E-state index is -0.962. The number of methoxy groups -OCH3 is 1. The molecule has 22 heavy (non-hydrogen) atoms. The van der Waals surface area contributed by atoms with Gasteiger partial charge in [0.2, 0.25) is 0 Å². The molecule has 2 rings (SSSR count). The van der Waals surface area contributed by atoms with Gasteiger partial charge in [0, 0.05) is 44.5 Å². The zero-order valence-electron chi connectivity index (χ0n) is 13.5. The third-order valence-corrected chi connectivity index (χ3v) is 3.37. The predicted molar refractivity (Wildman–Crippen MR) is 84.9 cm³/mol. The Kier molecular flexibility index (Phi) is 7.52. The lowest BCUT2D eigenvalue weighted by atomic mass is 10.1. The molecular weight excluding hydrogens is 284 g/mol. The molecule has 0 aromatic heterocycles. The molecule has 0 spiro atoms. The van der Waals surface area contributed by atoms with E-state index in [1.165, 1.54) is 6.08 Å². The van der Waals surface area contributed by atoms with E-state index >= 15 is 0 Å². The number of carbonyl (C=O) groups is 2. The number of rotatable bonds is 3. The van der Waals surface area contributed by atoms with Crippen LogP contribution in [0.15, 0.2) is 28.4 Å². The maximum Gasteiger partial charge on any atom is 0.331 e. The van der Waals surface area contributed by atoms with Gasteiger partial charge in [-0.15, -0.1) is 0 Å². The molecule has 2 aliphatic heterocycles. The quantitative estimate of drug-likeness (QED) is 0.865. The van der Waals surface area contributed by atoms with E-state index in [1.54, 1.807) is 25.0 Å². The van der Waals surface area contributed by atoms with Gasteiger partial charge >= 0.3 is 5.97 Å². The second-order valence-electron chi connectivity index (χ2n) is 5.10. The van der Waals surface area contributed by atoms with Crippen molar-refractivity contribution in [1.29, 1.82) is 0 Å². The lowest BCUT2D eigenvalue weighted by molar-refractivity contribution is -0.132. The summed E-state index contributed by atoms with van der Waals surface area (Å²) in [5.41, 5.74) is 1.19. The summed E-state index contributed by atoms with van der Waals surface area (Å²) in [5.74, 6) is -1.05. The van der Waals surface area contributed by atoms with Crippen molar-refractivity contribution in [2.24, 2.45) is 4.99 Å². The van der Waals surface area contributed by atoms with Crippen LogP contribution in [0.3, 0.4) is 0 Å². The van der Waals surface area contributed by atoms with Crippen molar-refractivity contribution in [3.8, 4) is 0 Å². The second-order valence-corrected chi connectivity index (χ2v) is 5.10. The molecular formula is C16H24N2O4. The van der Waals surface area contributed by atoms with Crippen LogP contribution >= 0.6 is 0 Å². The highest BCUT2D eigenvalue weighted by molar-refractivity contribution is 6.05. The molecule has 6 nitrogen and oxygen atoms in total. The first-order chi connectivity index (χ1) is 10.5. The molecule has 0 atom stereocenters. The molecule has 0 bridgehead atoms. The number of ether oxygens (including phenoxy) is 1. The lowest BCUT2D eigenvalue weighted by Crippen LogP contribution is -2.28. The van der Waals surface area contributed by atoms with Crippen molar-refractivity contribution < 1.29 is 19.4 Å². The van der Waals surface area contributed by atoms with Crippen molar-refractivity contribution in [3.63, 3.8) is 0 Å². The summed E-state index contributed by atoms with van der Waals surface area (Å²) in [6, 6.07) is 0. The molecule has 0 radical (unpaired) electrons. The molecule has 0 aromatic carbocycles. The van der Waals surface area contributed by atoms with Gasteiger partial charge in [-0.1, -0.05) is 0 Å². The van der Waals surface area contributed by atoms with E-state index in [0.717, 1.165) is 32.5 Å². The smallest absolute Gasteiger partial charge is 0.331 e. The third-order valence-electron chi connectivity index (χ3n) is 3.37. The van der Waals surface area contributed by atoms with E-state index < -0.39 is 5.97 Å². The molecule has 1 saturated heterocycles. The third kappa shape index (κ3) is 5.44. The predicted octanol–water partition coefficient (Wildman–Crippen LogP) is 2.02. The molecule has 1 amide bonds. The Labute approximate surface area is 131 Å². The maximum absolute atomic E-state index is 12.2. The fourth-order valence-corrected chi connectivity index (χ4v) is 2.15. The molecule has 122 valence electrons. The van der Waals surface area contributed by atoms with Crippen LogP contribution in [0.4, 0.5) is 0 Å². The number of nitrogens with zero attached hydrogens (tertiary/aromatic N) is 2. The SMILES string of the molecule is CC1=NC(C(=O)N2CCCC2)=CCC(C(=O)O)=C1.CCOC. The number of aliphatic imine (C=N–C) groups is 1. The van der Waals surface area contributed by atoms with Crippen LogP contribution in [0.5, 0.6) is 0 Å². The van der Waals surface area contributed by atoms with Crippen LogP contribution in [-0.2, 0) is 14.3 Å². The summed E-state index contributed by atoms with van der Waals surface area (Å²) in [5, 5.41) is 8.97. The monoisotopic (exact) mass is 308 g/mol. The van der Waals surface area contributed by atoms with Crippen LogP contribution in [0, 0.1) is 0 Å². The Balaban J connectivity index is 0.000000541. The summed E-state index contributed by atoms with van der Waals surface area (Å²) < 4.78 is 4.54. The van der Waals surface area contributed by atoms with Crippen LogP contribution in [0.2, 0.25) is 0 Å². The average Bonchev–Trinajstić information content (AvgIpc) is 2.96. The van der Waals surface area contributed by atoms with E-state index in [2.05, 4.69) is 9.73 Å². The van der Waals surface area contributed by atoms with Crippen LogP contribution < -0.4 is 0 Å². The van der Waals surface area contributed by atoms with Gasteiger partial charge < -0.3 is 14.7 Å². The van der Waals surface area contributed by atoms with E-state index in [-0.39, 0.29) is 17.9 Å². The Morgan fingerprint density at radius 2 is 1.95 bits per heavy atom. The number of amides is 1. The van der Waals surface area contributed by atoms with Crippen molar-refractivity contribution >= 4 is 17.6 Å². The lowest BCUT2D eigenvalue weighted by Gasteiger charge is -2.15. The van der Waals surface area contributed by atoms with Crippen molar-refractivity contribution in [2.45, 2.75) is 33.1 Å². The highest BCUT2D eigenvalue weighted by atomic mass is 16.5. The highest BCUT2D eigenvalue weighted by Gasteiger charge is 2.22. The fraction of sp³-hybridized carbons (Fsp3) is 0.562. The van der Waals surface area contributed by atoms with E-state index in [1.807, 2.05) is 6.92 Å². The number of likely N-dealkylation sites (tertiary alicyclic amines) is 1. The largest absolute Gasteiger partial charge is 0.478 e. The number of allylic oxidation sites excluding steroid dienone is 2. The molecule has 6 heteroatoms. The molecule has 0 aliphatic carbocycles. The van der Waals surface area contributed by atoms with Gasteiger partial charge in [-0.05, 0) is 38.8 Å². The van der Waals surface area contributed by atoms with Gasteiger partial charge in [0.05, 0.1) is 0 Å². The number of hydrogen-bond donors (Lipinski definition) is 1. The fourth-order valence-electron chi connectivity index (χ4n) is 2.15. The van der Waals surface area contributed by atoms with E-state index in [4.69, 9.17) is 5.11 Å². The van der Waals surface area contributed by atoms with Crippen molar-refractivity contribution in [2.75, 3.05) is 26.8 Å². The summed E-state index contributed by atoms with van der Waals surface area (Å²) in [6.07, 6.45) is 5.42. The van der Waals surface area contributed by atoms with Crippen molar-refractivity contribution in [3.05, 3.63) is 23.4 Å². The molecule has 2 heterocycles. The summed E-state index contributed by atoms with van der Waals surface area (Å²) >= 11 is 0. The number of carboxylic acids is 1. The van der Waals surface area contributed by atoms with Crippen LogP contribution in [0.1, 0.15) is 33.1 Å². The minimum absolute atomic E-state index is 0.0908. The standard InChI is InChI=1S/C13H16N2O3.C3H8O/c1-9-8-10(13(17)18)4-5-11(14-9)12(16)15-6-2-3-7-15;1-3-4-2/h5,8H,2-4,6-7H2,1H3,(H,17,18);3H2,1-2H3. The number of carbonyl (C=O) groups excluding carboxylic acids is 1. The second kappa shape index (κ2) is 9.15. The molecule has 0 aromatic rings. The summed E-state index contributed by atoms with van der Waals surface area (Å²) in [6.45, 7) is 6.02. The van der Waals surface area contributed by atoms with Gasteiger partial charge in [-0.2, -0.15) is 0 Å². The molecule has 0 unspecified atom stereocenters. The first-order valence-electron chi connectivity index (χ1n) is 7.47. The van der Waals surface area contributed by atoms with Gasteiger partial charge in [0.25, 0.3) is 5.91 Å². The normalized spacial score (nSPS) is 17.6. The first-order valence-corrected chi connectivity index (χ1v) is 7.47. The number of aliphatic carboxylic acids is 1. The molecule has 0 saturated carbocycles. The first kappa shape index (κ1) is 18.1. The Morgan fingerprint density at radius 1 is 1.36 bits per heavy atom. The minimum Gasteiger partial charge on any atom is -0.478 e. The Bertz CT molecular complexity index is 498. The summed E-state index contributed by atoms with van der Waals surface area (Å²) in [7, 11) is 1.68. The topological polar surface area (TPSA) is 79.2 Å². The zero-order valence-corrected chi connectivity index (χ0v) is 13.5. The Morgan fingerprint density at radius 3 is 2.45 bits per heavy atom. The van der Waals surface area contributed by atoms with Crippen LogP contribution in [-0.4, -0.2) is 54.4 Å². The maximum atomic E-state index is 12.2. The van der Waals surface area contributed by atoms with Crippen LogP contribution in [0.25, 0.3) is 0 Å². The average molecular weight is 308 g/mol. The van der Waals surface area contributed by atoms with Gasteiger partial charge in [0.15, 0.2) is 0 Å².